The molecule has 0 spiro atoms. The molecule has 3 heteroatoms. The van der Waals surface area contributed by atoms with E-state index in [1.165, 1.54) is 16.8 Å². The first-order valence-corrected chi connectivity index (χ1v) is 5.77. The van der Waals surface area contributed by atoms with Crippen LogP contribution in [0.1, 0.15) is 33.3 Å². The Morgan fingerprint density at radius 3 is 2.65 bits per heavy atom. The van der Waals surface area contributed by atoms with Crippen molar-refractivity contribution in [1.29, 1.82) is 0 Å². The van der Waals surface area contributed by atoms with Gasteiger partial charge in [0.2, 0.25) is 0 Å². The van der Waals surface area contributed by atoms with E-state index in [0.29, 0.717) is 6.61 Å². The van der Waals surface area contributed by atoms with Crippen LogP contribution >= 0.6 is 0 Å². The van der Waals surface area contributed by atoms with Crippen LogP contribution in [-0.2, 0) is 0 Å². The van der Waals surface area contributed by atoms with Gasteiger partial charge >= 0.3 is 19.8 Å². The van der Waals surface area contributed by atoms with Gasteiger partial charge in [-0.05, 0) is 51.5 Å². The Bertz CT molecular complexity index is 438. The van der Waals surface area contributed by atoms with E-state index in [4.69, 9.17) is 4.74 Å². The molecule has 1 aliphatic rings. The van der Waals surface area contributed by atoms with Crippen LogP contribution in [0.3, 0.4) is 0 Å². The number of fused-ring (bicyclic) bond motifs is 1. The Morgan fingerprint density at radius 1 is 1.29 bits per heavy atom. The van der Waals surface area contributed by atoms with Crippen LogP contribution in [0.25, 0.3) is 5.57 Å². The van der Waals surface area contributed by atoms with Crippen LogP contribution in [-0.4, -0.2) is 31.9 Å². The Kier molecular flexibility index (Phi) is 4.39. The molecule has 0 aromatic heterocycles. The zero-order valence-corrected chi connectivity index (χ0v) is 10.4. The summed E-state index contributed by atoms with van der Waals surface area (Å²) in [6.07, 6.45) is 2.26. The second-order valence-corrected chi connectivity index (χ2v) is 4.81. The average molecular weight is 290 g/mol. The molecule has 1 aliphatic heterocycles. The van der Waals surface area contributed by atoms with E-state index in [2.05, 4.69) is 44.3 Å². The van der Waals surface area contributed by atoms with Crippen molar-refractivity contribution in [1.82, 2.24) is 0 Å². The summed E-state index contributed by atoms with van der Waals surface area (Å²) in [6.45, 7) is 9.22. The maximum atomic E-state index is 5.52. The van der Waals surface area contributed by atoms with Crippen molar-refractivity contribution in [2.45, 2.75) is 33.2 Å². The molecule has 0 atom stereocenters. The van der Waals surface area contributed by atoms with Gasteiger partial charge in [0, 0.05) is 11.3 Å². The molecule has 0 bridgehead atoms. The average Bonchev–Trinajstić information content (AvgIpc) is 2.18. The number of hydrogen-bond acceptors (Lipinski definition) is 2. The quantitative estimate of drug-likeness (QED) is 0.845. The fourth-order valence-corrected chi connectivity index (χ4v) is 2.22. The topological polar surface area (TPSA) is 21.3 Å². The summed E-state index contributed by atoms with van der Waals surface area (Å²) in [4.78, 5) is 0. The summed E-state index contributed by atoms with van der Waals surface area (Å²) in [6, 6.07) is 6.22. The van der Waals surface area contributed by atoms with Gasteiger partial charge < -0.3 is 10.1 Å². The molecule has 0 aliphatic carbocycles. The summed E-state index contributed by atoms with van der Waals surface area (Å²) in [7, 11) is 0. The first-order valence-electron chi connectivity index (χ1n) is 5.77. The van der Waals surface area contributed by atoms with Crippen LogP contribution in [0.15, 0.2) is 24.3 Å². The fraction of sp³-hybridized carbons (Fsp3) is 0.429. The van der Waals surface area contributed by atoms with E-state index in [-0.39, 0.29) is 25.3 Å². The summed E-state index contributed by atoms with van der Waals surface area (Å²) >= 11 is 0. The van der Waals surface area contributed by atoms with Crippen LogP contribution in [0.5, 0.6) is 5.75 Å². The summed E-state index contributed by atoms with van der Waals surface area (Å²) < 4.78 is 5.52. The molecule has 2 rings (SSSR count). The van der Waals surface area contributed by atoms with E-state index < -0.39 is 0 Å². The monoisotopic (exact) mass is 289 g/mol. The predicted molar refractivity (Wildman–Crippen MR) is 78.9 cm³/mol. The molecular weight excluding hydrogens is 268 g/mol. The van der Waals surface area contributed by atoms with Crippen molar-refractivity contribution in [3.8, 4) is 5.75 Å². The van der Waals surface area contributed by atoms with Gasteiger partial charge in [0.15, 0.2) is 0 Å². The maximum absolute atomic E-state index is 5.52. The second-order valence-electron chi connectivity index (χ2n) is 4.81. The summed E-state index contributed by atoms with van der Waals surface area (Å²) in [5.74, 6) is 0.940. The number of rotatable bonds is 2. The van der Waals surface area contributed by atoms with Crippen LogP contribution in [0.2, 0.25) is 0 Å². The SMILES string of the molecule is CCOc1ccc2c(c1)C(C)=CC(C)(C)N2.[GaH3]. The predicted octanol–water partition coefficient (Wildman–Crippen LogP) is 2.51. The van der Waals surface area contributed by atoms with Crippen molar-refractivity contribution in [2.75, 3.05) is 11.9 Å². The minimum atomic E-state index is 0. The molecule has 0 fully saturated rings. The molecule has 92 valence electrons. The molecule has 17 heavy (non-hydrogen) atoms. The molecule has 1 heterocycles. The van der Waals surface area contributed by atoms with Crippen molar-refractivity contribution >= 4 is 31.1 Å². The van der Waals surface area contributed by atoms with E-state index in [9.17, 15) is 0 Å². The van der Waals surface area contributed by atoms with E-state index in [1.807, 2.05) is 13.0 Å². The number of anilines is 1. The summed E-state index contributed by atoms with van der Waals surface area (Å²) in [5.41, 5.74) is 3.77. The number of hydrogen-bond donors (Lipinski definition) is 1. The third-order valence-electron chi connectivity index (χ3n) is 2.76. The summed E-state index contributed by atoms with van der Waals surface area (Å²) in [5, 5.41) is 3.50. The van der Waals surface area contributed by atoms with Crippen LogP contribution in [0.4, 0.5) is 5.69 Å². The van der Waals surface area contributed by atoms with Gasteiger partial charge in [0.05, 0.1) is 12.1 Å². The Hall–Kier alpha value is -0.804. The normalized spacial score (nSPS) is 16.1. The van der Waals surface area contributed by atoms with Gasteiger partial charge in [-0.25, -0.2) is 0 Å². The zero-order valence-electron chi connectivity index (χ0n) is 10.4. The Morgan fingerprint density at radius 2 is 2.00 bits per heavy atom. The van der Waals surface area contributed by atoms with Crippen molar-refractivity contribution in [3.63, 3.8) is 0 Å². The van der Waals surface area contributed by atoms with Crippen LogP contribution < -0.4 is 10.1 Å². The van der Waals surface area contributed by atoms with Crippen molar-refractivity contribution in [2.24, 2.45) is 0 Å². The molecule has 1 aromatic rings. The third-order valence-corrected chi connectivity index (χ3v) is 2.76. The standard InChI is InChI=1S/C14H19NO.Ga.3H/c1-5-16-11-6-7-13-12(8-11)10(2)9-14(3,4)15-13;;;;/h6-9,15H,5H2,1-4H3;;;;. The third kappa shape index (κ3) is 3.10. The van der Waals surface area contributed by atoms with Crippen LogP contribution in [0, 0.1) is 0 Å². The molecule has 0 saturated heterocycles. The van der Waals surface area contributed by atoms with Gasteiger partial charge in [-0.2, -0.15) is 0 Å². The first kappa shape index (κ1) is 14.3. The fourth-order valence-electron chi connectivity index (χ4n) is 2.22. The molecular formula is C14H22GaNO. The number of nitrogens with one attached hydrogen (secondary N) is 1. The molecule has 0 amide bonds. The molecule has 0 radical (unpaired) electrons. The van der Waals surface area contributed by atoms with Crippen molar-refractivity contribution < 1.29 is 4.74 Å². The Balaban J connectivity index is 0.00000144. The number of benzene rings is 1. The van der Waals surface area contributed by atoms with Crippen molar-refractivity contribution in [3.05, 3.63) is 29.8 Å². The molecule has 2 nitrogen and oxygen atoms in total. The Labute approximate surface area is 116 Å². The van der Waals surface area contributed by atoms with E-state index in [1.54, 1.807) is 0 Å². The number of ether oxygens (including phenoxy) is 1. The van der Waals surface area contributed by atoms with Gasteiger partial charge in [-0.3, -0.25) is 0 Å². The zero-order chi connectivity index (χ0) is 11.8. The molecule has 1 aromatic carbocycles. The van der Waals surface area contributed by atoms with E-state index >= 15 is 0 Å². The van der Waals surface area contributed by atoms with E-state index in [0.717, 1.165) is 5.75 Å². The molecule has 0 unspecified atom stereocenters. The first-order chi connectivity index (χ1) is 7.52. The second kappa shape index (κ2) is 5.23. The minimum absolute atomic E-state index is 0. The van der Waals surface area contributed by atoms with Gasteiger partial charge in [-0.1, -0.05) is 6.08 Å². The van der Waals surface area contributed by atoms with Gasteiger partial charge in [0.1, 0.15) is 5.75 Å². The number of allylic oxidation sites excluding steroid dienone is 1. The van der Waals surface area contributed by atoms with Gasteiger partial charge in [-0.15, -0.1) is 0 Å². The van der Waals surface area contributed by atoms with Gasteiger partial charge in [0.25, 0.3) is 0 Å². The molecule has 1 N–H and O–H groups in total. The molecule has 0 saturated carbocycles.